The quantitative estimate of drug-likeness (QED) is 0.290. The number of hydrogen-bond donors (Lipinski definition) is 3. The highest BCUT2D eigenvalue weighted by Gasteiger charge is 2.44. The largest absolute Gasteiger partial charge is 0.395 e. The van der Waals surface area contributed by atoms with Crippen LogP contribution in [0.5, 0.6) is 0 Å². The molecule has 0 radical (unpaired) electrons. The van der Waals surface area contributed by atoms with Crippen LogP contribution in [0.25, 0.3) is 0 Å². The third-order valence-corrected chi connectivity index (χ3v) is 9.23. The summed E-state index contributed by atoms with van der Waals surface area (Å²) in [6, 6.07) is 1.86. The van der Waals surface area contributed by atoms with Crippen LogP contribution in [0.2, 0.25) is 0 Å². The molecular formula is C21H25N3O6S2. The van der Waals surface area contributed by atoms with Crippen LogP contribution in [0, 0.1) is 29.6 Å². The lowest BCUT2D eigenvalue weighted by molar-refractivity contribution is -0.131. The second-order valence-corrected chi connectivity index (χ2v) is 11.7. The first-order valence-electron chi connectivity index (χ1n) is 9.90. The molecule has 3 atom stereocenters. The minimum Gasteiger partial charge on any atom is -0.395 e. The number of amides is 2. The predicted molar refractivity (Wildman–Crippen MR) is 119 cm³/mol. The Labute approximate surface area is 191 Å². The zero-order chi connectivity index (χ0) is 23.7. The number of likely N-dealkylation sites (tertiary alicyclic amines) is 1. The van der Waals surface area contributed by atoms with Gasteiger partial charge in [0.05, 0.1) is 22.3 Å². The van der Waals surface area contributed by atoms with Crippen molar-refractivity contribution in [2.45, 2.75) is 30.7 Å². The molecule has 0 spiro atoms. The third kappa shape index (κ3) is 4.53. The molecule has 1 unspecified atom stereocenters. The lowest BCUT2D eigenvalue weighted by atomic mass is 9.90. The molecule has 1 aromatic heterocycles. The van der Waals surface area contributed by atoms with Gasteiger partial charge in [-0.1, -0.05) is 5.92 Å². The fraction of sp³-hybridized carbons (Fsp3) is 0.524. The van der Waals surface area contributed by atoms with E-state index in [1.54, 1.807) is 0 Å². The van der Waals surface area contributed by atoms with Crippen LogP contribution in [0.3, 0.4) is 0 Å². The molecule has 0 saturated carbocycles. The molecule has 2 amide bonds. The van der Waals surface area contributed by atoms with E-state index in [4.69, 9.17) is 5.21 Å². The maximum Gasteiger partial charge on any atom is 0.264 e. The van der Waals surface area contributed by atoms with Crippen molar-refractivity contribution in [2.24, 2.45) is 5.92 Å². The summed E-state index contributed by atoms with van der Waals surface area (Å²) in [5.74, 6) is 10.4. The number of nitrogens with one attached hydrogen (secondary N) is 1. The summed E-state index contributed by atoms with van der Waals surface area (Å²) in [6.45, 7) is 2.43. The van der Waals surface area contributed by atoms with Crippen molar-refractivity contribution in [3.05, 3.63) is 21.4 Å². The SMILES string of the molecule is CN1C[C@@H](C#CC#Cc2cc3c(s2)C(=O)N(CCC(C)(C(=O)NO)S(C)(=O)=O)C3)[C@@H]1CO. The Bertz CT molecular complexity index is 1150. The van der Waals surface area contributed by atoms with Crippen LogP contribution in [-0.4, -0.2) is 84.1 Å². The van der Waals surface area contributed by atoms with E-state index in [0.29, 0.717) is 16.3 Å². The first kappa shape index (κ1) is 24.2. The molecule has 1 aromatic rings. The van der Waals surface area contributed by atoms with Gasteiger partial charge < -0.3 is 10.0 Å². The molecule has 9 nitrogen and oxygen atoms in total. The van der Waals surface area contributed by atoms with Gasteiger partial charge in [-0.25, -0.2) is 13.9 Å². The fourth-order valence-electron chi connectivity index (χ4n) is 3.69. The number of rotatable bonds is 6. The summed E-state index contributed by atoms with van der Waals surface area (Å²) >= 11 is 1.25. The first-order chi connectivity index (χ1) is 15.0. The average Bonchev–Trinajstić information content (AvgIpc) is 3.25. The van der Waals surface area contributed by atoms with E-state index in [0.717, 1.165) is 18.4 Å². The Kier molecular flexibility index (Phi) is 6.98. The number of carbonyl (C=O) groups excluding carboxylic acids is 2. The fourth-order valence-corrected chi connectivity index (χ4v) is 5.53. The number of aliphatic hydroxyl groups is 1. The lowest BCUT2D eigenvalue weighted by Crippen LogP contribution is -2.55. The molecule has 3 heterocycles. The molecule has 3 N–H and O–H groups in total. The van der Waals surface area contributed by atoms with Gasteiger partial charge in [-0.3, -0.25) is 19.7 Å². The minimum atomic E-state index is -3.83. The zero-order valence-electron chi connectivity index (χ0n) is 18.0. The molecule has 2 aliphatic rings. The first-order valence-corrected chi connectivity index (χ1v) is 12.6. The van der Waals surface area contributed by atoms with E-state index in [1.807, 2.05) is 18.0 Å². The van der Waals surface area contributed by atoms with Crippen molar-refractivity contribution in [2.75, 3.05) is 33.0 Å². The van der Waals surface area contributed by atoms with Gasteiger partial charge in [0.1, 0.15) is 0 Å². The summed E-state index contributed by atoms with van der Waals surface area (Å²) in [5.41, 5.74) is 2.20. The molecular weight excluding hydrogens is 454 g/mol. The standard InChI is InChI=1S/C21H25N3O6S2/c1-21(20(27)22-28,32(3,29)30)8-9-24-12-15-10-16(31-18(15)19(24)26)7-5-4-6-14-11-23(2)17(14)13-25/h10,14,17,25,28H,8-9,11-13H2,1-3H3,(H,22,27)/t14-,17+,21?/m1/s1. The second kappa shape index (κ2) is 9.22. The van der Waals surface area contributed by atoms with Gasteiger partial charge in [-0.05, 0) is 49.8 Å². The Balaban J connectivity index is 1.63. The van der Waals surface area contributed by atoms with Crippen molar-refractivity contribution in [1.29, 1.82) is 0 Å². The number of likely N-dealkylation sites (N-methyl/N-ethyl adjacent to an activating group) is 1. The van der Waals surface area contributed by atoms with Gasteiger partial charge >= 0.3 is 0 Å². The van der Waals surface area contributed by atoms with E-state index >= 15 is 0 Å². The molecule has 0 aliphatic carbocycles. The Hall–Kier alpha value is -2.41. The van der Waals surface area contributed by atoms with Gasteiger partial charge in [-0.2, -0.15) is 0 Å². The zero-order valence-corrected chi connectivity index (χ0v) is 19.6. The third-order valence-electron chi connectivity index (χ3n) is 6.12. The summed E-state index contributed by atoms with van der Waals surface area (Å²) in [5, 5.41) is 18.2. The maximum absolute atomic E-state index is 12.7. The number of hydroxylamine groups is 1. The molecule has 11 heteroatoms. The van der Waals surface area contributed by atoms with Gasteiger partial charge in [-0.15, -0.1) is 11.3 Å². The number of hydrogen-bond acceptors (Lipinski definition) is 8. The van der Waals surface area contributed by atoms with Gasteiger partial charge in [0.2, 0.25) is 0 Å². The number of aliphatic hydroxyl groups excluding tert-OH is 1. The van der Waals surface area contributed by atoms with E-state index in [1.165, 1.54) is 28.6 Å². The summed E-state index contributed by atoms with van der Waals surface area (Å²) in [4.78, 5) is 29.4. The molecule has 2 aliphatic heterocycles. The van der Waals surface area contributed by atoms with E-state index < -0.39 is 20.5 Å². The normalized spacial score (nSPS) is 22.0. The topological polar surface area (TPSA) is 127 Å². The van der Waals surface area contributed by atoms with Crippen molar-refractivity contribution in [3.8, 4) is 23.7 Å². The Morgan fingerprint density at radius 1 is 1.41 bits per heavy atom. The molecule has 32 heavy (non-hydrogen) atoms. The van der Waals surface area contributed by atoms with Crippen molar-refractivity contribution < 1.29 is 28.3 Å². The van der Waals surface area contributed by atoms with Crippen molar-refractivity contribution in [3.63, 3.8) is 0 Å². The maximum atomic E-state index is 12.7. The number of carbonyl (C=O) groups is 2. The van der Waals surface area contributed by atoms with Crippen LogP contribution in [0.15, 0.2) is 6.07 Å². The van der Waals surface area contributed by atoms with Crippen LogP contribution in [0.4, 0.5) is 0 Å². The van der Waals surface area contributed by atoms with Gasteiger partial charge in [0.15, 0.2) is 14.6 Å². The highest BCUT2D eigenvalue weighted by atomic mass is 32.2. The average molecular weight is 480 g/mol. The van der Waals surface area contributed by atoms with E-state index in [9.17, 15) is 23.1 Å². The number of fused-ring (bicyclic) bond motifs is 1. The van der Waals surface area contributed by atoms with Gasteiger partial charge in [0.25, 0.3) is 11.8 Å². The minimum absolute atomic E-state index is 0.0472. The monoisotopic (exact) mass is 479 g/mol. The summed E-state index contributed by atoms with van der Waals surface area (Å²) < 4.78 is 22.3. The van der Waals surface area contributed by atoms with E-state index in [-0.39, 0.29) is 37.4 Å². The lowest BCUT2D eigenvalue weighted by Gasteiger charge is -2.42. The summed E-state index contributed by atoms with van der Waals surface area (Å²) in [6.07, 6.45) is 0.776. The van der Waals surface area contributed by atoms with E-state index in [2.05, 4.69) is 23.7 Å². The Morgan fingerprint density at radius 2 is 2.12 bits per heavy atom. The number of thiophene rings is 1. The molecule has 0 aromatic carbocycles. The number of nitrogens with zero attached hydrogens (tertiary/aromatic N) is 2. The molecule has 3 rings (SSSR count). The smallest absolute Gasteiger partial charge is 0.264 e. The van der Waals surface area contributed by atoms with Crippen LogP contribution in [-0.2, 0) is 21.2 Å². The van der Waals surface area contributed by atoms with Gasteiger partial charge in [0, 0.05) is 31.9 Å². The number of sulfone groups is 1. The molecule has 1 fully saturated rings. The highest BCUT2D eigenvalue weighted by Crippen LogP contribution is 2.32. The Morgan fingerprint density at radius 3 is 2.69 bits per heavy atom. The molecule has 1 saturated heterocycles. The molecule has 0 bridgehead atoms. The van der Waals surface area contributed by atoms with Crippen molar-refractivity contribution in [1.82, 2.24) is 15.3 Å². The van der Waals surface area contributed by atoms with Crippen LogP contribution in [0.1, 0.15) is 33.5 Å². The predicted octanol–water partition coefficient (Wildman–Crippen LogP) is -0.320. The second-order valence-electron chi connectivity index (χ2n) is 8.20. The highest BCUT2D eigenvalue weighted by molar-refractivity contribution is 7.92. The van der Waals surface area contributed by atoms with Crippen LogP contribution < -0.4 is 5.48 Å². The van der Waals surface area contributed by atoms with Crippen LogP contribution >= 0.6 is 11.3 Å². The summed E-state index contributed by atoms with van der Waals surface area (Å²) in [7, 11) is -1.89. The van der Waals surface area contributed by atoms with Crippen molar-refractivity contribution >= 4 is 33.0 Å². The molecule has 172 valence electrons.